The van der Waals surface area contributed by atoms with Crippen molar-refractivity contribution in [2.45, 2.75) is 106 Å². The molecule has 0 unspecified atom stereocenters. The second-order valence-electron chi connectivity index (χ2n) is 26.6. The molecule has 0 spiro atoms. The molecule has 8 heteroatoms. The van der Waals surface area contributed by atoms with E-state index in [1.54, 1.807) is 11.3 Å². The van der Waals surface area contributed by atoms with Crippen molar-refractivity contribution in [1.29, 1.82) is 5.26 Å². The van der Waals surface area contributed by atoms with E-state index < -0.39 is 11.8 Å². The van der Waals surface area contributed by atoms with Crippen LogP contribution in [-0.4, -0.2) is 9.55 Å². The summed E-state index contributed by atoms with van der Waals surface area (Å²) in [6, 6.07) is 72.5. The number of thiophene rings is 1. The average molecular weight is 1320 g/mol. The van der Waals surface area contributed by atoms with E-state index in [0.717, 1.165) is 98.2 Å². The minimum Gasteiger partial charge on any atom is -0.509 e. The first kappa shape index (κ1) is 54.4. The van der Waals surface area contributed by atoms with Gasteiger partial charge in [0.05, 0.1) is 13.0 Å². The quantitative estimate of drug-likeness (QED) is 0.135. The fourth-order valence-electron chi connectivity index (χ4n) is 11.7. The normalized spacial score (nSPS) is 13.6. The minimum atomic E-state index is -1.93. The van der Waals surface area contributed by atoms with E-state index in [1.807, 2.05) is 73.9 Å². The van der Waals surface area contributed by atoms with Crippen LogP contribution < -0.4 is 14.5 Å². The molecular weight excluding hydrogens is 1250 g/mol. The fourth-order valence-corrected chi connectivity index (χ4v) is 13.0. The van der Waals surface area contributed by atoms with Crippen LogP contribution in [0.5, 0.6) is 11.5 Å². The molecule has 86 heavy (non-hydrogen) atoms. The molecule has 432 valence electrons. The Balaban J connectivity index is 0.00000769. The molecule has 0 bridgehead atoms. The standard InChI is InChI=1S/C78H70N5OS.Pt/c1-75(2,3)45-53-39-71(80-47-65(53)52-37-54(76(4,5)6)40-55(38-52)77(7,8)9)83-68-35-34-61-60-32-30-49(46-79)36-70(60)85-74(61)72(68)62-33-31-59(44-69(62)83)84-58-27-21-26-57(43-58)81-48-82(67-29-20-19-28-66(67)81)73-63(50-22-15-13-16-23-50)41-56(78(10,11)12)42-64(73)51-24-17-14-18-25-51;/h13-42,47-48H,45H2,1-12H3;/q-3;/i45D2,47D;. The first-order chi connectivity index (χ1) is 41.8. The zero-order valence-electron chi connectivity index (χ0n) is 53.8. The van der Waals surface area contributed by atoms with Crippen molar-refractivity contribution < 1.29 is 29.9 Å². The third-order valence-corrected chi connectivity index (χ3v) is 17.3. The number of para-hydroxylation sites is 2. The van der Waals surface area contributed by atoms with Crippen molar-refractivity contribution in [2.75, 3.05) is 9.80 Å². The molecule has 0 aliphatic carbocycles. The van der Waals surface area contributed by atoms with E-state index in [0.29, 0.717) is 39.5 Å². The maximum Gasteiger partial charge on any atom is 0.135 e. The summed E-state index contributed by atoms with van der Waals surface area (Å²) < 4.78 is 41.1. The van der Waals surface area contributed by atoms with Gasteiger partial charge in [-0.15, -0.1) is 59.4 Å². The van der Waals surface area contributed by atoms with Crippen LogP contribution in [-0.2, 0) is 43.7 Å². The molecule has 1 aliphatic rings. The minimum absolute atomic E-state index is 0. The van der Waals surface area contributed by atoms with E-state index in [-0.39, 0.29) is 43.5 Å². The molecule has 0 N–H and O–H groups in total. The Kier molecular flexibility index (Phi) is 13.9. The zero-order chi connectivity index (χ0) is 62.0. The summed E-state index contributed by atoms with van der Waals surface area (Å²) in [5.74, 6) is 1.30. The Hall–Kier alpha value is -8.27. The number of fused-ring (bicyclic) bond motifs is 8. The predicted molar refractivity (Wildman–Crippen MR) is 357 cm³/mol. The second kappa shape index (κ2) is 21.9. The number of rotatable bonds is 9. The molecular formula is C78H70N5OPtS-3. The van der Waals surface area contributed by atoms with Crippen LogP contribution in [0.15, 0.2) is 188 Å². The van der Waals surface area contributed by atoms with Crippen LogP contribution in [0.25, 0.3) is 81.2 Å². The number of benzene rings is 9. The Bertz CT molecular complexity index is 4710. The maximum absolute atomic E-state index is 10.0. The van der Waals surface area contributed by atoms with Gasteiger partial charge in [0, 0.05) is 101 Å². The van der Waals surface area contributed by atoms with Gasteiger partial charge >= 0.3 is 0 Å². The summed E-state index contributed by atoms with van der Waals surface area (Å²) in [6.07, 6.45) is -1.96. The van der Waals surface area contributed by atoms with Crippen LogP contribution in [0.1, 0.15) is 115 Å². The topological polar surface area (TPSA) is 57.3 Å². The van der Waals surface area contributed by atoms with Gasteiger partial charge in [0.15, 0.2) is 0 Å². The van der Waals surface area contributed by atoms with Crippen molar-refractivity contribution in [3.63, 3.8) is 0 Å². The van der Waals surface area contributed by atoms with Crippen molar-refractivity contribution in [1.82, 2.24) is 9.55 Å². The Morgan fingerprint density at radius 3 is 1.78 bits per heavy atom. The average Bonchev–Trinajstić information content (AvgIpc) is 1.66. The summed E-state index contributed by atoms with van der Waals surface area (Å²) in [7, 11) is 0. The van der Waals surface area contributed by atoms with Crippen molar-refractivity contribution in [3.8, 4) is 56.8 Å². The van der Waals surface area contributed by atoms with Crippen molar-refractivity contribution >= 4 is 76.1 Å². The van der Waals surface area contributed by atoms with Gasteiger partial charge in [0.1, 0.15) is 5.82 Å². The molecule has 0 atom stereocenters. The Morgan fingerprint density at radius 1 is 0.581 bits per heavy atom. The number of anilines is 4. The molecule has 12 aromatic rings. The monoisotopic (exact) mass is 1320 g/mol. The van der Waals surface area contributed by atoms with E-state index >= 15 is 0 Å². The van der Waals surface area contributed by atoms with Crippen LogP contribution in [0, 0.1) is 35.5 Å². The summed E-state index contributed by atoms with van der Waals surface area (Å²) in [5, 5.41) is 13.9. The number of nitrogens with zero attached hydrogens (tertiary/aromatic N) is 5. The molecule has 9 aromatic carbocycles. The molecule has 0 saturated carbocycles. The van der Waals surface area contributed by atoms with E-state index in [2.05, 4.69) is 230 Å². The predicted octanol–water partition coefficient (Wildman–Crippen LogP) is 21.7. The number of pyridine rings is 1. The molecule has 13 rings (SSSR count). The van der Waals surface area contributed by atoms with E-state index in [1.165, 1.54) is 5.56 Å². The van der Waals surface area contributed by atoms with Gasteiger partial charge in [-0.2, -0.15) is 17.4 Å². The van der Waals surface area contributed by atoms with Gasteiger partial charge in [-0.25, -0.2) is 4.98 Å². The molecule has 6 nitrogen and oxygen atoms in total. The van der Waals surface area contributed by atoms with Gasteiger partial charge in [-0.1, -0.05) is 192 Å². The number of ether oxygens (including phenoxy) is 1. The summed E-state index contributed by atoms with van der Waals surface area (Å²) in [4.78, 5) is 9.70. The Morgan fingerprint density at radius 2 is 1.16 bits per heavy atom. The van der Waals surface area contributed by atoms with Crippen LogP contribution in [0.4, 0.5) is 22.7 Å². The summed E-state index contributed by atoms with van der Waals surface area (Å²) in [6.45, 7) is 27.8. The molecule has 0 amide bonds. The molecule has 0 radical (unpaired) electrons. The van der Waals surface area contributed by atoms with Crippen molar-refractivity contribution in [2.24, 2.45) is 5.41 Å². The second-order valence-corrected chi connectivity index (χ2v) is 27.7. The van der Waals surface area contributed by atoms with Gasteiger partial charge in [-0.05, 0) is 121 Å². The van der Waals surface area contributed by atoms with E-state index in [9.17, 15) is 9.37 Å². The summed E-state index contributed by atoms with van der Waals surface area (Å²) >= 11 is 1.64. The smallest absolute Gasteiger partial charge is 0.135 e. The number of hydrogen-bond donors (Lipinski definition) is 0. The number of hydrogen-bond acceptors (Lipinski definition) is 6. The molecule has 0 fully saturated rings. The fraction of sp³-hybridized carbons (Fsp3) is 0.218. The number of aromatic nitrogens is 2. The first-order valence-electron chi connectivity index (χ1n) is 30.7. The molecule has 1 aliphatic heterocycles. The molecule has 0 saturated heterocycles. The van der Waals surface area contributed by atoms with Gasteiger partial charge < -0.3 is 19.1 Å². The van der Waals surface area contributed by atoms with Crippen LogP contribution in [0.3, 0.4) is 0 Å². The van der Waals surface area contributed by atoms with Crippen LogP contribution in [0.2, 0.25) is 0 Å². The zero-order valence-corrected chi connectivity index (χ0v) is 53.9. The van der Waals surface area contributed by atoms with Gasteiger partial charge in [0.2, 0.25) is 0 Å². The third-order valence-electron chi connectivity index (χ3n) is 16.1. The summed E-state index contributed by atoms with van der Waals surface area (Å²) in [5.41, 5.74) is 14.0. The van der Waals surface area contributed by atoms with E-state index in [4.69, 9.17) is 9.72 Å². The van der Waals surface area contributed by atoms with Gasteiger partial charge in [-0.3, -0.25) is 0 Å². The van der Waals surface area contributed by atoms with Crippen LogP contribution >= 0.6 is 11.3 Å². The SMILES string of the molecule is [2H]c1nc(-n2c3[c-]c(Oc4[c-]c(N5[CH-]N(c6c(-c7ccccc7)cc(C(C)(C)C)cc6-c6ccccc6)c6ccccc65)ccc4)ccc3c3c4sc5cc(C#N)ccc5c4ccc32)cc(C([2H])([2H])C(C)(C)C)c1-c1cc(C(C)(C)C)cc(C(C)(C)C)c1.[Pt]. The first-order valence-corrected chi connectivity index (χ1v) is 30.1. The maximum atomic E-state index is 10.0. The Labute approximate surface area is 529 Å². The number of nitriles is 1. The third kappa shape index (κ3) is 10.8. The largest absolute Gasteiger partial charge is 0.509 e. The molecule has 4 heterocycles. The molecule has 3 aromatic heterocycles. The van der Waals surface area contributed by atoms with Gasteiger partial charge in [0.25, 0.3) is 0 Å². The van der Waals surface area contributed by atoms with Crippen molar-refractivity contribution in [3.05, 3.63) is 235 Å².